The number of esters is 1. The summed E-state index contributed by atoms with van der Waals surface area (Å²) < 4.78 is 54.5. The van der Waals surface area contributed by atoms with Crippen molar-refractivity contribution < 1.29 is 41.1 Å². The van der Waals surface area contributed by atoms with Gasteiger partial charge in [-0.1, -0.05) is 39.3 Å². The van der Waals surface area contributed by atoms with E-state index in [1.54, 1.807) is 0 Å². The molecule has 5 heterocycles. The number of unbranched alkanes of at least 4 members (excludes halogenated alkanes) is 2. The number of fused-ring (bicyclic) bond motifs is 5. The highest BCUT2D eigenvalue weighted by atomic mass is 32.2. The predicted molar refractivity (Wildman–Crippen MR) is 204 cm³/mol. The summed E-state index contributed by atoms with van der Waals surface area (Å²) in [5.41, 5.74) is -1.90. The zero-order valence-corrected chi connectivity index (χ0v) is 35.1. The van der Waals surface area contributed by atoms with E-state index in [9.17, 15) is 18.0 Å². The van der Waals surface area contributed by atoms with Gasteiger partial charge in [0, 0.05) is 25.9 Å². The molecule has 5 rings (SSSR count). The van der Waals surface area contributed by atoms with Gasteiger partial charge in [-0.15, -0.1) is 22.7 Å². The Kier molecular flexibility index (Phi) is 12.0. The number of piperidine rings is 1. The number of likely N-dealkylation sites (N-methyl/N-ethyl adjacent to an activating group) is 1. The summed E-state index contributed by atoms with van der Waals surface area (Å²) in [6.45, 7) is 17.6. The third kappa shape index (κ3) is 9.10. The van der Waals surface area contributed by atoms with E-state index in [1.807, 2.05) is 55.8 Å². The first-order valence-corrected chi connectivity index (χ1v) is 24.4. The van der Waals surface area contributed by atoms with Crippen molar-refractivity contribution in [3.63, 3.8) is 0 Å². The van der Waals surface area contributed by atoms with Crippen molar-refractivity contribution in [3.8, 4) is 0 Å². The molecular weight excluding hydrogens is 727 g/mol. The Morgan fingerprint density at radius 3 is 2.02 bits per heavy atom. The van der Waals surface area contributed by atoms with Crippen molar-refractivity contribution in [2.45, 2.75) is 133 Å². The van der Waals surface area contributed by atoms with Gasteiger partial charge in [-0.2, -0.15) is 0 Å². The standard InChI is InChI=1S/C36H57N3O8S3Si/c1-34(2,3)46-33(41)37-17-11-10-12-18-38-50(42,43)22-19-39(7)26-23-25(24-27(39)31-30(26)45-31)44-32(40)36(28-15-13-20-48-28,29-16-14-21-49-29)47-51(8,9)35(4,5)6/h13-16,20-21,25-27,30-31,38H,10-12,17-19,22-24H2,1-9H3/p+1. The number of carbonyl (C=O) groups excluding carboxylic acids is 2. The second-order valence-electron chi connectivity index (χ2n) is 17.0. The first-order valence-electron chi connectivity index (χ1n) is 18.1. The molecule has 2 aromatic heterocycles. The highest BCUT2D eigenvalue weighted by Gasteiger charge is 2.72. The molecule has 2 bridgehead atoms. The lowest BCUT2D eigenvalue weighted by Crippen LogP contribution is -2.64. The maximum atomic E-state index is 14.7. The smallest absolute Gasteiger partial charge is 0.407 e. The Bertz CT molecular complexity index is 1550. The number of rotatable bonds is 16. The molecule has 3 aliphatic rings. The average molecular weight is 785 g/mol. The summed E-state index contributed by atoms with van der Waals surface area (Å²) in [7, 11) is -3.83. The minimum absolute atomic E-state index is 0.0147. The van der Waals surface area contributed by atoms with Gasteiger partial charge in [-0.3, -0.25) is 0 Å². The minimum Gasteiger partial charge on any atom is -0.459 e. The van der Waals surface area contributed by atoms with Crippen LogP contribution in [0.2, 0.25) is 18.1 Å². The number of epoxide rings is 1. The van der Waals surface area contributed by atoms with Crippen LogP contribution in [-0.2, 0) is 39.1 Å². The van der Waals surface area contributed by atoms with Crippen LogP contribution in [0.3, 0.4) is 0 Å². The maximum Gasteiger partial charge on any atom is 0.407 e. The summed E-state index contributed by atoms with van der Waals surface area (Å²) in [6, 6.07) is 7.93. The number of alkyl carbamates (subject to hydrolysis) is 1. The number of sulfonamides is 1. The Morgan fingerprint density at radius 1 is 0.941 bits per heavy atom. The molecule has 3 saturated heterocycles. The number of thiophene rings is 2. The Morgan fingerprint density at radius 2 is 1.51 bits per heavy atom. The molecular formula is C36H58N3O8S3Si+. The summed E-state index contributed by atoms with van der Waals surface area (Å²) in [6.07, 6.45) is 2.74. The Balaban J connectivity index is 1.18. The van der Waals surface area contributed by atoms with Gasteiger partial charge >= 0.3 is 12.1 Å². The molecule has 51 heavy (non-hydrogen) atoms. The topological polar surface area (TPSA) is 133 Å². The van der Waals surface area contributed by atoms with E-state index in [1.165, 1.54) is 22.7 Å². The number of nitrogens with one attached hydrogen (secondary N) is 2. The first-order chi connectivity index (χ1) is 23.7. The summed E-state index contributed by atoms with van der Waals surface area (Å²) in [4.78, 5) is 28.1. The van der Waals surface area contributed by atoms with Crippen LogP contribution in [0.4, 0.5) is 4.79 Å². The number of carbonyl (C=O) groups is 2. The summed E-state index contributed by atoms with van der Waals surface area (Å²) in [5.74, 6) is -0.361. The lowest BCUT2D eigenvalue weighted by Gasteiger charge is -2.49. The first kappa shape index (κ1) is 40.3. The number of quaternary nitrogens is 1. The molecule has 2 N–H and O–H groups in total. The molecule has 11 nitrogen and oxygen atoms in total. The molecule has 286 valence electrons. The fraction of sp³-hybridized carbons (Fsp3) is 0.722. The molecule has 4 atom stereocenters. The number of ether oxygens (including phenoxy) is 3. The molecule has 2 aromatic rings. The van der Waals surface area contributed by atoms with Gasteiger partial charge in [-0.25, -0.2) is 22.7 Å². The maximum absolute atomic E-state index is 14.7. The molecule has 0 radical (unpaired) electrons. The van der Waals surface area contributed by atoms with Crippen LogP contribution in [-0.4, -0.2) is 102 Å². The molecule has 1 amide bonds. The van der Waals surface area contributed by atoms with Crippen LogP contribution in [0.1, 0.15) is 83.4 Å². The number of amides is 1. The number of nitrogens with zero attached hydrogens (tertiary/aromatic N) is 1. The van der Waals surface area contributed by atoms with Gasteiger partial charge in [0.2, 0.25) is 15.6 Å². The molecule has 15 heteroatoms. The number of hydrogen-bond donors (Lipinski definition) is 2. The van der Waals surface area contributed by atoms with Gasteiger partial charge in [0.25, 0.3) is 0 Å². The van der Waals surface area contributed by atoms with Gasteiger partial charge in [-0.05, 0) is 74.6 Å². The Hall–Kier alpha value is -1.85. The largest absolute Gasteiger partial charge is 0.459 e. The van der Waals surface area contributed by atoms with E-state index in [2.05, 4.69) is 51.0 Å². The molecule has 0 aliphatic carbocycles. The lowest BCUT2D eigenvalue weighted by atomic mass is 9.94. The summed E-state index contributed by atoms with van der Waals surface area (Å²) >= 11 is 3.02. The van der Waals surface area contributed by atoms with Gasteiger partial charge in [0.05, 0.1) is 23.3 Å². The number of morpholine rings is 1. The summed E-state index contributed by atoms with van der Waals surface area (Å²) in [5, 5.41) is 6.55. The zero-order valence-electron chi connectivity index (χ0n) is 31.7. The van der Waals surface area contributed by atoms with E-state index in [4.69, 9.17) is 18.6 Å². The Labute approximate surface area is 313 Å². The van der Waals surface area contributed by atoms with Gasteiger partial charge < -0.3 is 28.4 Å². The fourth-order valence-corrected chi connectivity index (χ4v) is 11.8. The van der Waals surface area contributed by atoms with E-state index in [0.717, 1.165) is 22.6 Å². The van der Waals surface area contributed by atoms with Crippen LogP contribution in [0.25, 0.3) is 0 Å². The average Bonchev–Trinajstić information content (AvgIpc) is 3.31. The van der Waals surface area contributed by atoms with E-state index in [0.29, 0.717) is 43.4 Å². The molecule has 3 aliphatic heterocycles. The third-order valence-electron chi connectivity index (χ3n) is 11.0. The molecule has 0 spiro atoms. The van der Waals surface area contributed by atoms with E-state index in [-0.39, 0.29) is 47.2 Å². The van der Waals surface area contributed by atoms with Crippen LogP contribution in [0.15, 0.2) is 35.0 Å². The molecule has 3 fully saturated rings. The normalized spacial score (nSPS) is 26.4. The van der Waals surface area contributed by atoms with Crippen molar-refractivity contribution in [3.05, 3.63) is 44.8 Å². The highest BCUT2D eigenvalue weighted by Crippen LogP contribution is 2.54. The molecule has 4 unspecified atom stereocenters. The minimum atomic E-state index is -3.49. The number of hydrogen-bond acceptors (Lipinski definition) is 10. The van der Waals surface area contributed by atoms with Crippen molar-refractivity contribution >= 4 is 53.1 Å². The highest BCUT2D eigenvalue weighted by molar-refractivity contribution is 7.89. The van der Waals surface area contributed by atoms with Crippen molar-refractivity contribution in [2.75, 3.05) is 32.4 Å². The lowest BCUT2D eigenvalue weighted by molar-refractivity contribution is -0.953. The SMILES string of the molecule is CC(C)(C)OC(=O)NCCCCCNS(=O)(=O)CC[N+]1(C)C2CC(OC(=O)C(O[Si](C)(C)C(C)(C)C)(c3cccs3)c3cccs3)CC1C1OC12. The van der Waals surface area contributed by atoms with Gasteiger partial charge in [0.15, 0.2) is 8.32 Å². The quantitative estimate of drug-likeness (QED) is 0.0662. The van der Waals surface area contributed by atoms with Crippen molar-refractivity contribution in [1.29, 1.82) is 0 Å². The second kappa shape index (κ2) is 15.1. The van der Waals surface area contributed by atoms with E-state index < -0.39 is 35.6 Å². The van der Waals surface area contributed by atoms with Crippen LogP contribution < -0.4 is 10.0 Å². The van der Waals surface area contributed by atoms with Gasteiger partial charge in [0.1, 0.15) is 41.7 Å². The zero-order chi connectivity index (χ0) is 37.5. The van der Waals surface area contributed by atoms with Crippen molar-refractivity contribution in [2.24, 2.45) is 0 Å². The second-order valence-corrected chi connectivity index (χ2v) is 25.5. The van der Waals surface area contributed by atoms with Crippen LogP contribution in [0, 0.1) is 0 Å². The van der Waals surface area contributed by atoms with Crippen molar-refractivity contribution in [1.82, 2.24) is 10.0 Å². The fourth-order valence-electron chi connectivity index (χ4n) is 7.23. The molecule has 0 aromatic carbocycles. The third-order valence-corrected chi connectivity index (χ3v) is 18.8. The van der Waals surface area contributed by atoms with E-state index >= 15 is 0 Å². The predicted octanol–water partition coefficient (Wildman–Crippen LogP) is 6.36. The van der Waals surface area contributed by atoms with Crippen LogP contribution >= 0.6 is 22.7 Å². The molecule has 0 saturated carbocycles. The van der Waals surface area contributed by atoms with Crippen LogP contribution in [0.5, 0.6) is 0 Å². The monoisotopic (exact) mass is 784 g/mol.